The molecule has 2 aliphatic rings. The van der Waals surface area contributed by atoms with Gasteiger partial charge in [0.15, 0.2) is 0 Å². The maximum atomic E-state index is 12.4. The topological polar surface area (TPSA) is 15.3 Å². The van der Waals surface area contributed by atoms with Crippen molar-refractivity contribution in [2.75, 3.05) is 26.3 Å². The van der Waals surface area contributed by atoms with E-state index in [0.717, 1.165) is 19.6 Å². The Morgan fingerprint density at radius 2 is 2.12 bits per heavy atom. The van der Waals surface area contributed by atoms with Crippen molar-refractivity contribution in [1.29, 1.82) is 0 Å². The summed E-state index contributed by atoms with van der Waals surface area (Å²) in [4.78, 5) is 2.61. The van der Waals surface area contributed by atoms with Crippen LogP contribution in [0.3, 0.4) is 0 Å². The van der Waals surface area contributed by atoms with Crippen LogP contribution in [0.15, 0.2) is 0 Å². The Balaban J connectivity index is 1.96. The molecule has 1 unspecified atom stereocenters. The van der Waals surface area contributed by atoms with Crippen LogP contribution < -0.4 is 5.32 Å². The van der Waals surface area contributed by atoms with Crippen molar-refractivity contribution in [1.82, 2.24) is 10.2 Å². The number of nitrogens with zero attached hydrogens (tertiary/aromatic N) is 1. The summed E-state index contributed by atoms with van der Waals surface area (Å²) < 4.78 is 12.4. The summed E-state index contributed by atoms with van der Waals surface area (Å²) in [5, 5.41) is 3.72. The summed E-state index contributed by atoms with van der Waals surface area (Å²) in [5.41, 5.74) is 0.374. The van der Waals surface area contributed by atoms with Crippen molar-refractivity contribution < 1.29 is 4.39 Å². The van der Waals surface area contributed by atoms with Crippen LogP contribution in [0.2, 0.25) is 0 Å². The second-order valence-corrected chi connectivity index (χ2v) is 5.79. The van der Waals surface area contributed by atoms with E-state index in [-0.39, 0.29) is 6.67 Å². The smallest absolute Gasteiger partial charge is 0.0906 e. The number of hydrogen-bond acceptors (Lipinski definition) is 2. The molecule has 100 valence electrons. The van der Waals surface area contributed by atoms with E-state index < -0.39 is 0 Å². The largest absolute Gasteiger partial charge is 0.311 e. The van der Waals surface area contributed by atoms with Gasteiger partial charge in [-0.15, -0.1) is 0 Å². The molecule has 0 bridgehead atoms. The highest BCUT2D eigenvalue weighted by atomic mass is 19.1. The molecule has 0 radical (unpaired) electrons. The van der Waals surface area contributed by atoms with E-state index in [1.54, 1.807) is 0 Å². The second-order valence-electron chi connectivity index (χ2n) is 5.79. The Morgan fingerprint density at radius 1 is 1.35 bits per heavy atom. The molecule has 2 rings (SSSR count). The monoisotopic (exact) mass is 242 g/mol. The predicted molar refractivity (Wildman–Crippen MR) is 70.1 cm³/mol. The zero-order chi connectivity index (χ0) is 12.1. The molecule has 3 heteroatoms. The summed E-state index contributed by atoms with van der Waals surface area (Å²) in [6, 6.07) is 0.630. The molecule has 1 aliphatic carbocycles. The first-order chi connectivity index (χ1) is 8.30. The molecule has 2 nitrogen and oxygen atoms in total. The van der Waals surface area contributed by atoms with Gasteiger partial charge < -0.3 is 5.32 Å². The normalized spacial score (nSPS) is 28.9. The van der Waals surface area contributed by atoms with E-state index in [2.05, 4.69) is 17.1 Å². The van der Waals surface area contributed by atoms with Crippen molar-refractivity contribution in [3.63, 3.8) is 0 Å². The van der Waals surface area contributed by atoms with Crippen LogP contribution in [-0.4, -0.2) is 42.8 Å². The first-order valence-corrected chi connectivity index (χ1v) is 7.35. The van der Waals surface area contributed by atoms with E-state index in [1.165, 1.54) is 38.5 Å². The van der Waals surface area contributed by atoms with Crippen molar-refractivity contribution in [3.05, 3.63) is 0 Å². The highest BCUT2D eigenvalue weighted by Crippen LogP contribution is 2.37. The SMILES string of the molecule is CCCC1CN(CCCF)C2(CCCC2)CN1. The molecule has 1 saturated carbocycles. The first-order valence-electron chi connectivity index (χ1n) is 7.35. The van der Waals surface area contributed by atoms with Gasteiger partial charge in [0, 0.05) is 31.2 Å². The molecule has 0 aromatic rings. The molecule has 1 N–H and O–H groups in total. The summed E-state index contributed by atoms with van der Waals surface area (Å²) in [6.07, 6.45) is 8.53. The standard InChI is InChI=1S/C14H27FN2/c1-2-6-13-11-17(10-5-9-15)14(12-16-13)7-3-4-8-14/h13,16H,2-12H2,1H3. The van der Waals surface area contributed by atoms with Crippen LogP contribution in [0, 0.1) is 0 Å². The minimum absolute atomic E-state index is 0.168. The van der Waals surface area contributed by atoms with Gasteiger partial charge in [0.25, 0.3) is 0 Å². The highest BCUT2D eigenvalue weighted by Gasteiger charge is 2.42. The Morgan fingerprint density at radius 3 is 2.76 bits per heavy atom. The van der Waals surface area contributed by atoms with Crippen LogP contribution in [0.25, 0.3) is 0 Å². The third kappa shape index (κ3) is 3.00. The molecule has 2 fully saturated rings. The summed E-state index contributed by atoms with van der Waals surface area (Å²) in [5.74, 6) is 0. The van der Waals surface area contributed by atoms with Crippen molar-refractivity contribution in [3.8, 4) is 0 Å². The molecule has 17 heavy (non-hydrogen) atoms. The zero-order valence-corrected chi connectivity index (χ0v) is 11.2. The lowest BCUT2D eigenvalue weighted by atomic mass is 9.90. The van der Waals surface area contributed by atoms with Gasteiger partial charge in [-0.1, -0.05) is 26.2 Å². The van der Waals surface area contributed by atoms with Crippen LogP contribution >= 0.6 is 0 Å². The van der Waals surface area contributed by atoms with Gasteiger partial charge in [-0.2, -0.15) is 0 Å². The average Bonchev–Trinajstić information content (AvgIpc) is 2.80. The van der Waals surface area contributed by atoms with Crippen LogP contribution in [0.4, 0.5) is 4.39 Å². The average molecular weight is 242 g/mol. The highest BCUT2D eigenvalue weighted by molar-refractivity contribution is 5.01. The van der Waals surface area contributed by atoms with Crippen LogP contribution in [0.5, 0.6) is 0 Å². The van der Waals surface area contributed by atoms with Gasteiger partial charge in [0.2, 0.25) is 0 Å². The van der Waals surface area contributed by atoms with E-state index in [0.29, 0.717) is 18.0 Å². The predicted octanol–water partition coefficient (Wildman–Crippen LogP) is 2.73. The van der Waals surface area contributed by atoms with E-state index in [1.807, 2.05) is 0 Å². The molecule has 1 spiro atoms. The van der Waals surface area contributed by atoms with Gasteiger partial charge in [-0.3, -0.25) is 9.29 Å². The van der Waals surface area contributed by atoms with Gasteiger partial charge in [-0.05, 0) is 25.7 Å². The minimum atomic E-state index is -0.168. The van der Waals surface area contributed by atoms with Crippen molar-refractivity contribution in [2.24, 2.45) is 0 Å². The number of hydrogen-bond donors (Lipinski definition) is 1. The quantitative estimate of drug-likeness (QED) is 0.797. The van der Waals surface area contributed by atoms with E-state index in [4.69, 9.17) is 0 Å². The number of nitrogens with one attached hydrogen (secondary N) is 1. The summed E-state index contributed by atoms with van der Waals surface area (Å²) >= 11 is 0. The molecule has 1 saturated heterocycles. The van der Waals surface area contributed by atoms with E-state index in [9.17, 15) is 4.39 Å². The number of halogens is 1. The Labute approximate surface area is 105 Å². The first kappa shape index (κ1) is 13.3. The molecule has 1 aliphatic heterocycles. The van der Waals surface area contributed by atoms with Crippen LogP contribution in [0.1, 0.15) is 51.9 Å². The van der Waals surface area contributed by atoms with Gasteiger partial charge >= 0.3 is 0 Å². The Bertz CT molecular complexity index is 226. The molecular formula is C14H27FN2. The third-order valence-corrected chi connectivity index (χ3v) is 4.56. The Hall–Kier alpha value is -0.150. The Kier molecular flexibility index (Phi) is 4.80. The third-order valence-electron chi connectivity index (χ3n) is 4.56. The zero-order valence-electron chi connectivity index (χ0n) is 11.2. The van der Waals surface area contributed by atoms with Crippen molar-refractivity contribution >= 4 is 0 Å². The lowest BCUT2D eigenvalue weighted by molar-refractivity contribution is 0.0386. The molecule has 0 aromatic heterocycles. The van der Waals surface area contributed by atoms with Gasteiger partial charge in [0.1, 0.15) is 0 Å². The fourth-order valence-corrected chi connectivity index (χ4v) is 3.62. The lowest BCUT2D eigenvalue weighted by Gasteiger charge is -2.48. The molecule has 1 atom stereocenters. The molecule has 0 amide bonds. The maximum Gasteiger partial charge on any atom is 0.0906 e. The molecular weight excluding hydrogens is 215 g/mol. The fraction of sp³-hybridized carbons (Fsp3) is 1.00. The second kappa shape index (κ2) is 6.14. The number of rotatable bonds is 5. The summed E-state index contributed by atoms with van der Waals surface area (Å²) in [6.45, 7) is 5.29. The van der Waals surface area contributed by atoms with Gasteiger partial charge in [0.05, 0.1) is 6.67 Å². The van der Waals surface area contributed by atoms with Crippen LogP contribution in [-0.2, 0) is 0 Å². The number of piperazine rings is 1. The maximum absolute atomic E-state index is 12.4. The molecule has 0 aromatic carbocycles. The number of alkyl halides is 1. The molecule has 1 heterocycles. The van der Waals surface area contributed by atoms with Crippen molar-refractivity contribution in [2.45, 2.75) is 63.5 Å². The van der Waals surface area contributed by atoms with E-state index >= 15 is 0 Å². The fourth-order valence-electron chi connectivity index (χ4n) is 3.62. The minimum Gasteiger partial charge on any atom is -0.311 e. The summed E-state index contributed by atoms with van der Waals surface area (Å²) in [7, 11) is 0. The van der Waals surface area contributed by atoms with Gasteiger partial charge in [-0.25, -0.2) is 0 Å². The lowest BCUT2D eigenvalue weighted by Crippen LogP contribution is -2.63.